The molecule has 0 spiro atoms. The Morgan fingerprint density at radius 2 is 1.70 bits per heavy atom. The third-order valence-electron chi connectivity index (χ3n) is 5.88. The maximum Gasteiger partial charge on any atom is 0.257 e. The van der Waals surface area contributed by atoms with E-state index in [1.165, 1.54) is 0 Å². The average Bonchev–Trinajstić information content (AvgIpc) is 3.41. The van der Waals surface area contributed by atoms with Gasteiger partial charge in [0, 0.05) is 42.8 Å². The first-order chi connectivity index (χ1) is 14.5. The number of piperidine rings is 1. The maximum absolute atomic E-state index is 13.4. The molecule has 0 radical (unpaired) electrons. The monoisotopic (exact) mass is 421 g/mol. The lowest BCUT2D eigenvalue weighted by atomic mass is 9.95. The van der Waals surface area contributed by atoms with Gasteiger partial charge in [0.1, 0.15) is 5.00 Å². The van der Waals surface area contributed by atoms with Gasteiger partial charge >= 0.3 is 0 Å². The van der Waals surface area contributed by atoms with E-state index in [0.29, 0.717) is 32.5 Å². The summed E-state index contributed by atoms with van der Waals surface area (Å²) in [7, 11) is 0. The molecule has 0 saturated carbocycles. The van der Waals surface area contributed by atoms with Crippen LogP contribution in [-0.4, -0.2) is 34.4 Å². The Bertz CT molecular complexity index is 1020. The molecule has 1 N–H and O–H groups in total. The van der Waals surface area contributed by atoms with Crippen LogP contribution < -0.4 is 5.32 Å². The molecule has 1 saturated heterocycles. The summed E-state index contributed by atoms with van der Waals surface area (Å²) in [5, 5.41) is 4.02. The van der Waals surface area contributed by atoms with Gasteiger partial charge in [0.15, 0.2) is 0 Å². The highest BCUT2D eigenvalue weighted by Gasteiger charge is 2.30. The minimum Gasteiger partial charge on any atom is -0.352 e. The lowest BCUT2D eigenvalue weighted by molar-refractivity contribution is -0.126. The fourth-order valence-electron chi connectivity index (χ4n) is 3.94. The second-order valence-electron chi connectivity index (χ2n) is 7.82. The van der Waals surface area contributed by atoms with E-state index in [2.05, 4.69) is 12.2 Å². The van der Waals surface area contributed by atoms with Crippen molar-refractivity contribution in [1.82, 2.24) is 14.8 Å². The summed E-state index contributed by atoms with van der Waals surface area (Å²) in [4.78, 5) is 29.0. The van der Waals surface area contributed by atoms with Gasteiger partial charge in [-0.1, -0.05) is 30.3 Å². The molecule has 0 aliphatic carbocycles. The van der Waals surface area contributed by atoms with Crippen LogP contribution in [0.3, 0.4) is 0 Å². The van der Waals surface area contributed by atoms with Gasteiger partial charge in [-0.3, -0.25) is 9.59 Å². The number of rotatable bonds is 5. The molecule has 3 aromatic rings. The summed E-state index contributed by atoms with van der Waals surface area (Å²) >= 11 is 1.65. The van der Waals surface area contributed by atoms with E-state index in [1.54, 1.807) is 11.3 Å². The molecule has 1 aliphatic heterocycles. The van der Waals surface area contributed by atoms with Crippen molar-refractivity contribution in [3.05, 3.63) is 76.4 Å². The molecule has 6 heteroatoms. The maximum atomic E-state index is 13.4. The highest BCUT2D eigenvalue weighted by atomic mass is 32.1. The van der Waals surface area contributed by atoms with E-state index < -0.39 is 0 Å². The van der Waals surface area contributed by atoms with Crippen LogP contribution in [0.4, 0.5) is 0 Å². The number of likely N-dealkylation sites (tertiary alicyclic amines) is 1. The van der Waals surface area contributed by atoms with E-state index in [9.17, 15) is 9.59 Å². The molecular formula is C24H27N3O2S. The summed E-state index contributed by atoms with van der Waals surface area (Å²) in [5.41, 5.74) is 2.94. The van der Waals surface area contributed by atoms with Crippen LogP contribution >= 0.6 is 11.3 Å². The smallest absolute Gasteiger partial charge is 0.257 e. The van der Waals surface area contributed by atoms with Gasteiger partial charge in [-0.15, -0.1) is 11.3 Å². The number of carbonyl (C=O) groups is 2. The minimum absolute atomic E-state index is 0.0352. The molecule has 2 aromatic heterocycles. The van der Waals surface area contributed by atoms with Gasteiger partial charge in [0.25, 0.3) is 5.91 Å². The molecular weight excluding hydrogens is 394 g/mol. The minimum atomic E-state index is -0.0352. The third-order valence-corrected chi connectivity index (χ3v) is 7.10. The zero-order valence-corrected chi connectivity index (χ0v) is 18.2. The Labute approximate surface area is 181 Å². The van der Waals surface area contributed by atoms with E-state index in [4.69, 9.17) is 0 Å². The largest absolute Gasteiger partial charge is 0.352 e. The van der Waals surface area contributed by atoms with Gasteiger partial charge in [0.05, 0.1) is 5.56 Å². The first-order valence-electron chi connectivity index (χ1n) is 10.4. The summed E-state index contributed by atoms with van der Waals surface area (Å²) in [6, 6.07) is 13.9. The number of nitrogens with one attached hydrogen (secondary N) is 1. The number of thiophene rings is 1. The quantitative estimate of drug-likeness (QED) is 0.667. The van der Waals surface area contributed by atoms with E-state index >= 15 is 0 Å². The van der Waals surface area contributed by atoms with Gasteiger partial charge in [-0.25, -0.2) is 0 Å². The predicted molar refractivity (Wildman–Crippen MR) is 120 cm³/mol. The van der Waals surface area contributed by atoms with Crippen LogP contribution in [0.1, 0.15) is 39.2 Å². The standard InChI is InChI=1S/C24H27N3O2S/c1-17-18(2)30-24(27-12-6-7-13-27)21(17)23(29)26-14-10-20(11-15-26)22(28)25-16-19-8-4-3-5-9-19/h3-9,12-13,20H,10-11,14-16H2,1-2H3,(H,25,28). The Morgan fingerprint density at radius 3 is 2.37 bits per heavy atom. The average molecular weight is 422 g/mol. The number of carbonyl (C=O) groups excluding carboxylic acids is 2. The number of hydrogen-bond acceptors (Lipinski definition) is 3. The zero-order valence-electron chi connectivity index (χ0n) is 17.4. The molecule has 0 unspecified atom stereocenters. The summed E-state index contributed by atoms with van der Waals surface area (Å²) in [6.07, 6.45) is 5.36. The van der Waals surface area contributed by atoms with Crippen LogP contribution in [0.15, 0.2) is 54.9 Å². The number of nitrogens with zero attached hydrogens (tertiary/aromatic N) is 2. The van der Waals surface area contributed by atoms with Gasteiger partial charge < -0.3 is 14.8 Å². The first kappa shape index (κ1) is 20.4. The Morgan fingerprint density at radius 1 is 1.03 bits per heavy atom. The van der Waals surface area contributed by atoms with Crippen LogP contribution in [0.25, 0.3) is 5.00 Å². The summed E-state index contributed by atoms with van der Waals surface area (Å²) in [6.45, 7) is 5.86. The van der Waals surface area contributed by atoms with Crippen LogP contribution in [0, 0.1) is 19.8 Å². The normalized spacial score (nSPS) is 14.7. The van der Waals surface area contributed by atoms with Crippen molar-refractivity contribution in [2.24, 2.45) is 5.92 Å². The predicted octanol–water partition coefficient (Wildman–Crippen LogP) is 4.32. The number of benzene rings is 1. The second-order valence-corrected chi connectivity index (χ2v) is 9.03. The second kappa shape index (κ2) is 8.88. The molecule has 1 fully saturated rings. The molecule has 1 aromatic carbocycles. The van der Waals surface area contributed by atoms with Crippen molar-refractivity contribution in [3.63, 3.8) is 0 Å². The van der Waals surface area contributed by atoms with Crippen LogP contribution in [0.5, 0.6) is 0 Å². The lowest BCUT2D eigenvalue weighted by Crippen LogP contribution is -2.43. The summed E-state index contributed by atoms with van der Waals surface area (Å²) in [5.74, 6) is 0.122. The SMILES string of the molecule is Cc1sc(-n2cccc2)c(C(=O)N2CCC(C(=O)NCc3ccccc3)CC2)c1C. The van der Waals surface area contributed by atoms with Crippen molar-refractivity contribution in [1.29, 1.82) is 0 Å². The fourth-order valence-corrected chi connectivity index (χ4v) is 5.06. The Balaban J connectivity index is 1.39. The van der Waals surface area contributed by atoms with Crippen molar-refractivity contribution >= 4 is 23.2 Å². The molecule has 3 heterocycles. The molecule has 30 heavy (non-hydrogen) atoms. The molecule has 5 nitrogen and oxygen atoms in total. The highest BCUT2D eigenvalue weighted by molar-refractivity contribution is 7.15. The van der Waals surface area contributed by atoms with Crippen molar-refractivity contribution in [2.45, 2.75) is 33.2 Å². The van der Waals surface area contributed by atoms with Crippen molar-refractivity contribution in [3.8, 4) is 5.00 Å². The van der Waals surface area contributed by atoms with Crippen molar-refractivity contribution in [2.75, 3.05) is 13.1 Å². The van der Waals surface area contributed by atoms with Gasteiger partial charge in [-0.05, 0) is 49.9 Å². The molecule has 156 valence electrons. The number of aryl methyl sites for hydroxylation is 1. The number of hydrogen-bond donors (Lipinski definition) is 1. The van der Waals surface area contributed by atoms with Gasteiger partial charge in [0.2, 0.25) is 5.91 Å². The topological polar surface area (TPSA) is 54.3 Å². The molecule has 0 atom stereocenters. The zero-order chi connectivity index (χ0) is 21.1. The Hall–Kier alpha value is -2.86. The van der Waals surface area contributed by atoms with Gasteiger partial charge in [-0.2, -0.15) is 0 Å². The highest BCUT2D eigenvalue weighted by Crippen LogP contribution is 2.33. The van der Waals surface area contributed by atoms with Crippen molar-refractivity contribution < 1.29 is 9.59 Å². The lowest BCUT2D eigenvalue weighted by Gasteiger charge is -2.31. The molecule has 2 amide bonds. The first-order valence-corrected chi connectivity index (χ1v) is 11.2. The third kappa shape index (κ3) is 4.19. The number of aromatic nitrogens is 1. The van der Waals surface area contributed by atoms with Crippen LogP contribution in [-0.2, 0) is 11.3 Å². The fraction of sp³-hybridized carbons (Fsp3) is 0.333. The molecule has 0 bridgehead atoms. The van der Waals surface area contributed by atoms with E-state index in [0.717, 1.165) is 26.6 Å². The summed E-state index contributed by atoms with van der Waals surface area (Å²) < 4.78 is 2.02. The molecule has 1 aliphatic rings. The Kier molecular flexibility index (Phi) is 6.04. The van der Waals surface area contributed by atoms with Crippen LogP contribution in [0.2, 0.25) is 0 Å². The number of amides is 2. The molecule has 4 rings (SSSR count). The van der Waals surface area contributed by atoms with E-state index in [-0.39, 0.29) is 17.7 Å². The van der Waals surface area contributed by atoms with E-state index in [1.807, 2.05) is 71.2 Å².